The molecule has 22 heavy (non-hydrogen) atoms. The minimum absolute atomic E-state index is 0.163. The number of rotatable bonds is 5. The Hall–Kier alpha value is -1.84. The number of carbonyl (C=O) groups excluding carboxylic acids is 1. The molecule has 0 radical (unpaired) electrons. The smallest absolute Gasteiger partial charge is 0.335 e. The van der Waals surface area contributed by atoms with Crippen molar-refractivity contribution in [3.8, 4) is 0 Å². The summed E-state index contributed by atoms with van der Waals surface area (Å²) >= 11 is 0. The zero-order valence-corrected chi connectivity index (χ0v) is 13.2. The summed E-state index contributed by atoms with van der Waals surface area (Å²) in [7, 11) is 0. The minimum Gasteiger partial charge on any atom is -0.478 e. The Kier molecular flexibility index (Phi) is 5.58. The second-order valence-corrected chi connectivity index (χ2v) is 6.48. The van der Waals surface area contributed by atoms with Gasteiger partial charge >= 0.3 is 5.97 Å². The summed E-state index contributed by atoms with van der Waals surface area (Å²) in [6.45, 7) is 2.68. The van der Waals surface area contributed by atoms with Crippen molar-refractivity contribution in [3.63, 3.8) is 0 Å². The van der Waals surface area contributed by atoms with E-state index in [9.17, 15) is 9.59 Å². The molecule has 1 saturated carbocycles. The third-order valence-corrected chi connectivity index (χ3v) is 4.66. The van der Waals surface area contributed by atoms with Crippen LogP contribution in [-0.2, 0) is 11.2 Å². The van der Waals surface area contributed by atoms with Gasteiger partial charge < -0.3 is 10.4 Å². The molecule has 1 amide bonds. The number of aromatic carboxylic acids is 1. The van der Waals surface area contributed by atoms with Gasteiger partial charge in [0.25, 0.3) is 0 Å². The number of hydrogen-bond acceptors (Lipinski definition) is 2. The Bertz CT molecular complexity index is 514. The zero-order valence-electron chi connectivity index (χ0n) is 13.2. The van der Waals surface area contributed by atoms with Crippen molar-refractivity contribution in [1.29, 1.82) is 0 Å². The first-order valence-electron chi connectivity index (χ1n) is 8.12. The van der Waals surface area contributed by atoms with Crippen LogP contribution in [0.2, 0.25) is 0 Å². The predicted molar refractivity (Wildman–Crippen MR) is 85.9 cm³/mol. The number of carbonyl (C=O) groups is 2. The van der Waals surface area contributed by atoms with Gasteiger partial charge in [-0.25, -0.2) is 4.79 Å². The van der Waals surface area contributed by atoms with Gasteiger partial charge in [-0.1, -0.05) is 44.7 Å². The number of benzene rings is 1. The molecule has 1 aromatic rings. The predicted octanol–water partition coefficient (Wildman–Crippen LogP) is 3.40. The van der Waals surface area contributed by atoms with E-state index in [4.69, 9.17) is 5.11 Å². The highest BCUT2D eigenvalue weighted by Gasteiger charge is 2.32. The molecule has 2 rings (SSSR count). The number of hydrogen-bond donors (Lipinski definition) is 2. The quantitative estimate of drug-likeness (QED) is 0.819. The van der Waals surface area contributed by atoms with Crippen LogP contribution in [0.15, 0.2) is 24.3 Å². The summed E-state index contributed by atoms with van der Waals surface area (Å²) in [5.41, 5.74) is 1.11. The van der Waals surface area contributed by atoms with Crippen LogP contribution < -0.4 is 5.32 Å². The fourth-order valence-corrected chi connectivity index (χ4v) is 3.08. The molecule has 0 aromatic heterocycles. The summed E-state index contributed by atoms with van der Waals surface area (Å²) in [4.78, 5) is 23.2. The second kappa shape index (κ2) is 7.43. The number of carboxylic acid groups (broad SMARTS) is 1. The molecular formula is C18H25NO3. The highest BCUT2D eigenvalue weighted by atomic mass is 16.4. The van der Waals surface area contributed by atoms with E-state index in [2.05, 4.69) is 12.2 Å². The summed E-state index contributed by atoms with van der Waals surface area (Å²) in [5, 5.41) is 11.9. The molecule has 0 unspecified atom stereocenters. The molecule has 120 valence electrons. The van der Waals surface area contributed by atoms with E-state index in [-0.39, 0.29) is 11.3 Å². The lowest BCUT2D eigenvalue weighted by Crippen LogP contribution is -2.39. The maximum absolute atomic E-state index is 12.4. The molecule has 2 N–H and O–H groups in total. The van der Waals surface area contributed by atoms with Gasteiger partial charge in [0.05, 0.1) is 5.56 Å². The van der Waals surface area contributed by atoms with Crippen LogP contribution in [0.5, 0.6) is 0 Å². The van der Waals surface area contributed by atoms with Crippen molar-refractivity contribution in [1.82, 2.24) is 5.32 Å². The first kappa shape index (κ1) is 16.5. The molecule has 1 aliphatic carbocycles. The fraction of sp³-hybridized carbons (Fsp3) is 0.556. The minimum atomic E-state index is -0.916. The molecule has 0 saturated heterocycles. The number of amides is 1. The number of carboxylic acids is 1. The summed E-state index contributed by atoms with van der Waals surface area (Å²) in [5.74, 6) is -0.752. The molecule has 0 atom stereocenters. The van der Waals surface area contributed by atoms with Gasteiger partial charge in [-0.15, -0.1) is 0 Å². The fourth-order valence-electron chi connectivity index (χ4n) is 3.08. The molecule has 4 nitrogen and oxygen atoms in total. The lowest BCUT2D eigenvalue weighted by molar-refractivity contribution is -0.130. The maximum Gasteiger partial charge on any atom is 0.335 e. The second-order valence-electron chi connectivity index (χ2n) is 6.48. The highest BCUT2D eigenvalue weighted by Crippen LogP contribution is 2.34. The Morgan fingerprint density at radius 1 is 1.09 bits per heavy atom. The van der Waals surface area contributed by atoms with E-state index in [0.29, 0.717) is 12.1 Å². The van der Waals surface area contributed by atoms with Gasteiger partial charge in [0.2, 0.25) is 5.91 Å². The molecule has 1 aliphatic rings. The Labute approximate surface area is 131 Å². The monoisotopic (exact) mass is 303 g/mol. The van der Waals surface area contributed by atoms with E-state index in [0.717, 1.165) is 37.7 Å². The van der Waals surface area contributed by atoms with E-state index >= 15 is 0 Å². The molecule has 0 heterocycles. The average molecular weight is 303 g/mol. The van der Waals surface area contributed by atoms with Crippen LogP contribution in [0.25, 0.3) is 0 Å². The summed E-state index contributed by atoms with van der Waals surface area (Å²) in [6.07, 6.45) is 7.43. The van der Waals surface area contributed by atoms with Crippen molar-refractivity contribution in [2.75, 3.05) is 6.54 Å². The van der Waals surface area contributed by atoms with Gasteiger partial charge in [0.15, 0.2) is 0 Å². The van der Waals surface area contributed by atoms with Crippen molar-refractivity contribution < 1.29 is 14.7 Å². The van der Waals surface area contributed by atoms with Crippen molar-refractivity contribution in [2.24, 2.45) is 5.41 Å². The van der Waals surface area contributed by atoms with Gasteiger partial charge in [-0.05, 0) is 37.0 Å². The Morgan fingerprint density at radius 2 is 1.68 bits per heavy atom. The third-order valence-electron chi connectivity index (χ3n) is 4.66. The highest BCUT2D eigenvalue weighted by molar-refractivity contribution is 5.87. The maximum atomic E-state index is 12.4. The molecule has 0 bridgehead atoms. The third kappa shape index (κ3) is 4.33. The topological polar surface area (TPSA) is 66.4 Å². The summed E-state index contributed by atoms with van der Waals surface area (Å²) in [6, 6.07) is 6.82. The molecule has 4 heteroatoms. The van der Waals surface area contributed by atoms with Crippen molar-refractivity contribution in [3.05, 3.63) is 35.4 Å². The largest absolute Gasteiger partial charge is 0.478 e. The van der Waals surface area contributed by atoms with Crippen LogP contribution in [0.3, 0.4) is 0 Å². The Morgan fingerprint density at radius 3 is 2.23 bits per heavy atom. The van der Waals surface area contributed by atoms with Gasteiger partial charge in [0, 0.05) is 12.0 Å². The summed E-state index contributed by atoms with van der Waals surface area (Å²) < 4.78 is 0. The van der Waals surface area contributed by atoms with Crippen LogP contribution in [0, 0.1) is 5.41 Å². The normalized spacial score (nSPS) is 17.5. The van der Waals surface area contributed by atoms with Gasteiger partial charge in [-0.2, -0.15) is 0 Å². The van der Waals surface area contributed by atoms with E-state index in [1.165, 1.54) is 12.8 Å². The van der Waals surface area contributed by atoms with Gasteiger partial charge in [-0.3, -0.25) is 4.79 Å². The molecule has 1 aromatic carbocycles. The van der Waals surface area contributed by atoms with E-state index in [1.807, 2.05) is 12.1 Å². The molecular weight excluding hydrogens is 278 g/mol. The van der Waals surface area contributed by atoms with E-state index in [1.54, 1.807) is 12.1 Å². The molecule has 0 aliphatic heterocycles. The van der Waals surface area contributed by atoms with Crippen LogP contribution in [-0.4, -0.2) is 23.5 Å². The standard InChI is InChI=1S/C18H25NO3/c1-18(11-4-2-3-5-12-18)17(22)19-13-10-14-6-8-15(9-7-14)16(20)21/h6-9H,2-5,10-13H2,1H3,(H,19,22)(H,20,21). The lowest BCUT2D eigenvalue weighted by Gasteiger charge is -2.26. The number of nitrogens with one attached hydrogen (secondary N) is 1. The molecule has 1 fully saturated rings. The van der Waals surface area contributed by atoms with Crippen LogP contribution in [0.4, 0.5) is 0 Å². The zero-order chi connectivity index (χ0) is 16.0. The lowest BCUT2D eigenvalue weighted by atomic mass is 9.81. The van der Waals surface area contributed by atoms with Crippen LogP contribution in [0.1, 0.15) is 61.4 Å². The van der Waals surface area contributed by atoms with Crippen molar-refractivity contribution in [2.45, 2.75) is 51.9 Å². The van der Waals surface area contributed by atoms with Crippen LogP contribution >= 0.6 is 0 Å². The molecule has 0 spiro atoms. The SMILES string of the molecule is CC1(C(=O)NCCc2ccc(C(=O)O)cc2)CCCCCC1. The first-order chi connectivity index (χ1) is 10.5. The van der Waals surface area contributed by atoms with Crippen molar-refractivity contribution >= 4 is 11.9 Å². The van der Waals surface area contributed by atoms with Gasteiger partial charge in [0.1, 0.15) is 0 Å². The average Bonchev–Trinajstić information content (AvgIpc) is 2.73. The Balaban J connectivity index is 1.82. The first-order valence-corrected chi connectivity index (χ1v) is 8.12. The van der Waals surface area contributed by atoms with E-state index < -0.39 is 5.97 Å².